The number of pyridine rings is 1. The lowest BCUT2D eigenvalue weighted by Gasteiger charge is -2.20. The molecular formula is C15H17N3O2. The first-order chi connectivity index (χ1) is 9.79. The normalized spacial score (nSPS) is 13.1. The molecule has 1 aromatic heterocycles. The predicted octanol–water partition coefficient (Wildman–Crippen LogP) is 1.72. The molecule has 0 aliphatic carbocycles. The zero-order valence-electron chi connectivity index (χ0n) is 11.2. The van der Waals surface area contributed by atoms with Gasteiger partial charge in [-0.15, -0.1) is 0 Å². The van der Waals surface area contributed by atoms with E-state index >= 15 is 0 Å². The lowest BCUT2D eigenvalue weighted by Crippen LogP contribution is -2.35. The fourth-order valence-electron chi connectivity index (χ4n) is 1.64. The Balaban J connectivity index is 1.84. The fraction of sp³-hybridized carbons (Fsp3) is 0.200. The van der Waals surface area contributed by atoms with E-state index in [1.54, 1.807) is 18.2 Å². The first kappa shape index (κ1) is 13.9. The standard InChI is InChI=1S/C15H17N3O2/c1-2-10-20-14-7-6-13(11-16-14)15(19)17-12-18-8-4-3-5-9-18/h2-8,11H,1,9-10,12H2,(H,17,19). The van der Waals surface area contributed by atoms with Crippen molar-refractivity contribution >= 4 is 5.91 Å². The Kier molecular flexibility index (Phi) is 4.94. The molecule has 20 heavy (non-hydrogen) atoms. The van der Waals surface area contributed by atoms with Crippen LogP contribution in [0.5, 0.6) is 5.88 Å². The van der Waals surface area contributed by atoms with Crippen molar-refractivity contribution in [2.24, 2.45) is 0 Å². The molecule has 0 spiro atoms. The molecule has 5 heteroatoms. The molecule has 0 bridgehead atoms. The molecule has 1 aliphatic rings. The third-order valence-corrected chi connectivity index (χ3v) is 2.67. The molecule has 5 nitrogen and oxygen atoms in total. The van der Waals surface area contributed by atoms with E-state index in [0.717, 1.165) is 6.54 Å². The number of nitrogens with one attached hydrogen (secondary N) is 1. The van der Waals surface area contributed by atoms with Gasteiger partial charge in [0.05, 0.1) is 12.2 Å². The van der Waals surface area contributed by atoms with Crippen LogP contribution in [0.3, 0.4) is 0 Å². The van der Waals surface area contributed by atoms with Crippen LogP contribution in [-0.2, 0) is 0 Å². The second kappa shape index (κ2) is 7.13. The van der Waals surface area contributed by atoms with Crippen molar-refractivity contribution in [1.29, 1.82) is 0 Å². The van der Waals surface area contributed by atoms with E-state index in [1.807, 2.05) is 29.3 Å². The molecule has 0 aromatic carbocycles. The summed E-state index contributed by atoms with van der Waals surface area (Å²) in [4.78, 5) is 18.0. The van der Waals surface area contributed by atoms with Gasteiger partial charge in [0, 0.05) is 25.0 Å². The SMILES string of the molecule is C=CCOc1ccc(C(=O)NCN2C=CC=CC2)cn1. The third kappa shape index (κ3) is 3.98. The van der Waals surface area contributed by atoms with E-state index in [0.29, 0.717) is 24.7 Å². The highest BCUT2D eigenvalue weighted by Gasteiger charge is 2.07. The van der Waals surface area contributed by atoms with Gasteiger partial charge in [0.2, 0.25) is 5.88 Å². The van der Waals surface area contributed by atoms with E-state index < -0.39 is 0 Å². The molecule has 2 rings (SSSR count). The van der Waals surface area contributed by atoms with Crippen molar-refractivity contribution in [1.82, 2.24) is 15.2 Å². The lowest BCUT2D eigenvalue weighted by atomic mass is 10.2. The maximum atomic E-state index is 11.9. The average molecular weight is 271 g/mol. The van der Waals surface area contributed by atoms with Gasteiger partial charge in [0.1, 0.15) is 6.61 Å². The monoisotopic (exact) mass is 271 g/mol. The average Bonchev–Trinajstić information content (AvgIpc) is 2.52. The molecule has 0 fully saturated rings. The summed E-state index contributed by atoms with van der Waals surface area (Å²) in [6.07, 6.45) is 11.0. The highest BCUT2D eigenvalue weighted by Crippen LogP contribution is 2.07. The first-order valence-electron chi connectivity index (χ1n) is 6.35. The van der Waals surface area contributed by atoms with Gasteiger partial charge in [0.25, 0.3) is 5.91 Å². The van der Waals surface area contributed by atoms with Gasteiger partial charge in [-0.1, -0.05) is 24.8 Å². The number of nitrogens with zero attached hydrogens (tertiary/aromatic N) is 2. The van der Waals surface area contributed by atoms with Crippen molar-refractivity contribution in [2.75, 3.05) is 19.8 Å². The van der Waals surface area contributed by atoms with E-state index in [9.17, 15) is 4.79 Å². The molecular weight excluding hydrogens is 254 g/mol. The van der Waals surface area contributed by atoms with Crippen LogP contribution in [0.1, 0.15) is 10.4 Å². The number of allylic oxidation sites excluding steroid dienone is 2. The van der Waals surface area contributed by atoms with Crippen LogP contribution in [0.4, 0.5) is 0 Å². The first-order valence-corrected chi connectivity index (χ1v) is 6.35. The summed E-state index contributed by atoms with van der Waals surface area (Å²) in [7, 11) is 0. The molecule has 0 unspecified atom stereocenters. The van der Waals surface area contributed by atoms with Crippen molar-refractivity contribution in [2.45, 2.75) is 0 Å². The maximum absolute atomic E-state index is 11.9. The number of amides is 1. The Morgan fingerprint density at radius 2 is 2.40 bits per heavy atom. The van der Waals surface area contributed by atoms with E-state index in [4.69, 9.17) is 4.74 Å². The van der Waals surface area contributed by atoms with Crippen LogP contribution in [0.15, 0.2) is 55.4 Å². The summed E-state index contributed by atoms with van der Waals surface area (Å²) in [6.45, 7) is 5.22. The van der Waals surface area contributed by atoms with Gasteiger partial charge >= 0.3 is 0 Å². The minimum atomic E-state index is -0.157. The molecule has 0 saturated carbocycles. The number of hydrogen-bond donors (Lipinski definition) is 1. The van der Waals surface area contributed by atoms with Gasteiger partial charge in [-0.05, 0) is 12.1 Å². The Morgan fingerprint density at radius 1 is 1.50 bits per heavy atom. The van der Waals surface area contributed by atoms with E-state index in [-0.39, 0.29) is 5.91 Å². The number of aromatic nitrogens is 1. The van der Waals surface area contributed by atoms with Gasteiger partial charge in [-0.3, -0.25) is 4.79 Å². The van der Waals surface area contributed by atoms with E-state index in [1.165, 1.54) is 6.20 Å². The number of hydrogen-bond acceptors (Lipinski definition) is 4. The van der Waals surface area contributed by atoms with Crippen LogP contribution >= 0.6 is 0 Å². The smallest absolute Gasteiger partial charge is 0.254 e. The van der Waals surface area contributed by atoms with Gasteiger partial charge in [0.15, 0.2) is 0 Å². The zero-order valence-corrected chi connectivity index (χ0v) is 11.2. The summed E-state index contributed by atoms with van der Waals surface area (Å²) in [5.41, 5.74) is 0.507. The minimum absolute atomic E-state index is 0.157. The van der Waals surface area contributed by atoms with Crippen molar-refractivity contribution in [3.63, 3.8) is 0 Å². The summed E-state index contributed by atoms with van der Waals surface area (Å²) in [5, 5.41) is 2.84. The molecule has 0 atom stereocenters. The zero-order chi connectivity index (χ0) is 14.2. The maximum Gasteiger partial charge on any atom is 0.254 e. The Hall–Kier alpha value is -2.56. The van der Waals surface area contributed by atoms with Crippen LogP contribution in [0, 0.1) is 0 Å². The van der Waals surface area contributed by atoms with Crippen molar-refractivity contribution in [3.8, 4) is 5.88 Å². The van der Waals surface area contributed by atoms with Crippen LogP contribution < -0.4 is 10.1 Å². The lowest BCUT2D eigenvalue weighted by molar-refractivity contribution is 0.0936. The van der Waals surface area contributed by atoms with Gasteiger partial charge in [-0.25, -0.2) is 4.98 Å². The quantitative estimate of drug-likeness (QED) is 0.800. The Labute approximate surface area is 118 Å². The highest BCUT2D eigenvalue weighted by molar-refractivity contribution is 5.93. The second-order valence-corrected chi connectivity index (χ2v) is 4.19. The van der Waals surface area contributed by atoms with E-state index in [2.05, 4.69) is 16.9 Å². The second-order valence-electron chi connectivity index (χ2n) is 4.19. The largest absolute Gasteiger partial charge is 0.473 e. The highest BCUT2D eigenvalue weighted by atomic mass is 16.5. The topological polar surface area (TPSA) is 54.5 Å². The van der Waals surface area contributed by atoms with Crippen molar-refractivity contribution < 1.29 is 9.53 Å². The number of ether oxygens (including phenoxy) is 1. The van der Waals surface area contributed by atoms with Crippen molar-refractivity contribution in [3.05, 3.63) is 61.0 Å². The molecule has 0 saturated heterocycles. The minimum Gasteiger partial charge on any atom is -0.473 e. The van der Waals surface area contributed by atoms with Crippen LogP contribution in [0.25, 0.3) is 0 Å². The van der Waals surface area contributed by atoms with Crippen LogP contribution in [0.2, 0.25) is 0 Å². The molecule has 1 amide bonds. The van der Waals surface area contributed by atoms with Crippen LogP contribution in [-0.4, -0.2) is 35.6 Å². The fourth-order valence-corrected chi connectivity index (χ4v) is 1.64. The number of rotatable bonds is 6. The predicted molar refractivity (Wildman–Crippen MR) is 77.2 cm³/mol. The molecule has 1 N–H and O–H groups in total. The summed E-state index contributed by atoms with van der Waals surface area (Å²) in [5.74, 6) is 0.321. The molecule has 104 valence electrons. The number of carbonyl (C=O) groups is 1. The third-order valence-electron chi connectivity index (χ3n) is 2.67. The van der Waals surface area contributed by atoms with Gasteiger partial charge in [-0.2, -0.15) is 0 Å². The molecule has 1 aliphatic heterocycles. The Bertz CT molecular complexity index is 520. The summed E-state index contributed by atoms with van der Waals surface area (Å²) >= 11 is 0. The Morgan fingerprint density at radius 3 is 3.05 bits per heavy atom. The van der Waals surface area contributed by atoms with Gasteiger partial charge < -0.3 is 15.0 Å². The molecule has 2 heterocycles. The summed E-state index contributed by atoms with van der Waals surface area (Å²) < 4.78 is 5.26. The molecule has 1 aromatic rings. The molecule has 0 radical (unpaired) electrons. The summed E-state index contributed by atoms with van der Waals surface area (Å²) in [6, 6.07) is 3.36. The number of carbonyl (C=O) groups excluding carboxylic acids is 1.